The Balaban J connectivity index is 2.26. The number of carboxylic acid groups (broad SMARTS) is 1. The van der Waals surface area contributed by atoms with Crippen molar-refractivity contribution >= 4 is 12.0 Å². The van der Waals surface area contributed by atoms with Gasteiger partial charge in [-0.3, -0.25) is 0 Å². The number of urea groups is 1. The first-order valence-electron chi connectivity index (χ1n) is 7.88. The molecule has 1 heterocycles. The van der Waals surface area contributed by atoms with Gasteiger partial charge in [0.2, 0.25) is 0 Å². The maximum atomic E-state index is 11.8. The summed E-state index contributed by atoms with van der Waals surface area (Å²) >= 11 is 0. The third kappa shape index (κ3) is 7.32. The predicted molar refractivity (Wildman–Crippen MR) is 82.3 cm³/mol. The molecular weight excluding hydrogens is 270 g/mol. The lowest BCUT2D eigenvalue weighted by Crippen LogP contribution is -2.48. The number of amides is 2. The standard InChI is InChI=1S/C15H29N3O3/c1-11(2)8-13(14(19)20)17-15(21)16-9-12(3)10-18-6-4-5-7-18/h11-13H,4-10H2,1-3H3,(H,19,20)(H2,16,17,21)/t12?,13-/m0/s1. The fourth-order valence-electron chi connectivity index (χ4n) is 2.64. The Labute approximate surface area is 127 Å². The van der Waals surface area contributed by atoms with Crippen molar-refractivity contribution in [1.29, 1.82) is 0 Å². The maximum absolute atomic E-state index is 11.8. The van der Waals surface area contributed by atoms with Gasteiger partial charge in [-0.1, -0.05) is 20.8 Å². The van der Waals surface area contributed by atoms with Gasteiger partial charge >= 0.3 is 12.0 Å². The summed E-state index contributed by atoms with van der Waals surface area (Å²) in [6.45, 7) is 9.81. The molecule has 0 spiro atoms. The Kier molecular flexibility index (Phi) is 7.50. The van der Waals surface area contributed by atoms with Crippen molar-refractivity contribution in [3.05, 3.63) is 0 Å². The second-order valence-corrected chi connectivity index (χ2v) is 6.49. The average Bonchev–Trinajstić information content (AvgIpc) is 2.87. The Morgan fingerprint density at radius 2 is 1.81 bits per heavy atom. The summed E-state index contributed by atoms with van der Waals surface area (Å²) in [5.41, 5.74) is 0. The molecule has 21 heavy (non-hydrogen) atoms. The first-order chi connectivity index (χ1) is 9.88. The maximum Gasteiger partial charge on any atom is 0.326 e. The molecule has 0 saturated carbocycles. The van der Waals surface area contributed by atoms with Crippen molar-refractivity contribution in [1.82, 2.24) is 15.5 Å². The minimum atomic E-state index is -0.982. The molecule has 122 valence electrons. The highest BCUT2D eigenvalue weighted by molar-refractivity contribution is 5.82. The van der Waals surface area contributed by atoms with Gasteiger partial charge < -0.3 is 20.6 Å². The summed E-state index contributed by atoms with van der Waals surface area (Å²) < 4.78 is 0. The summed E-state index contributed by atoms with van der Waals surface area (Å²) in [4.78, 5) is 25.3. The molecule has 1 unspecified atom stereocenters. The van der Waals surface area contributed by atoms with Crippen LogP contribution in [0.4, 0.5) is 4.79 Å². The smallest absolute Gasteiger partial charge is 0.326 e. The minimum Gasteiger partial charge on any atom is -0.480 e. The zero-order valence-corrected chi connectivity index (χ0v) is 13.4. The van der Waals surface area contributed by atoms with Crippen molar-refractivity contribution in [3.8, 4) is 0 Å². The topological polar surface area (TPSA) is 81.7 Å². The Bertz CT molecular complexity index is 341. The molecule has 2 atom stereocenters. The van der Waals surface area contributed by atoms with Crippen LogP contribution in [0.2, 0.25) is 0 Å². The van der Waals surface area contributed by atoms with Crippen LogP contribution in [-0.2, 0) is 4.79 Å². The van der Waals surface area contributed by atoms with Crippen molar-refractivity contribution in [3.63, 3.8) is 0 Å². The van der Waals surface area contributed by atoms with Crippen LogP contribution in [0.3, 0.4) is 0 Å². The van der Waals surface area contributed by atoms with Crippen LogP contribution in [-0.4, -0.2) is 54.2 Å². The van der Waals surface area contributed by atoms with E-state index in [1.54, 1.807) is 0 Å². The van der Waals surface area contributed by atoms with Gasteiger partial charge in [-0.25, -0.2) is 9.59 Å². The molecule has 1 fully saturated rings. The lowest BCUT2D eigenvalue weighted by atomic mass is 10.0. The van der Waals surface area contributed by atoms with E-state index in [-0.39, 0.29) is 5.92 Å². The van der Waals surface area contributed by atoms with E-state index in [4.69, 9.17) is 5.11 Å². The molecule has 0 aliphatic carbocycles. The highest BCUT2D eigenvalue weighted by Gasteiger charge is 2.21. The zero-order valence-electron chi connectivity index (χ0n) is 13.4. The van der Waals surface area contributed by atoms with Gasteiger partial charge in [0.1, 0.15) is 6.04 Å². The average molecular weight is 299 g/mol. The largest absolute Gasteiger partial charge is 0.480 e. The van der Waals surface area contributed by atoms with E-state index in [2.05, 4.69) is 22.5 Å². The van der Waals surface area contributed by atoms with E-state index in [9.17, 15) is 9.59 Å². The SMILES string of the molecule is CC(C)C[C@H](NC(=O)NCC(C)CN1CCCC1)C(=O)O. The van der Waals surface area contributed by atoms with Gasteiger partial charge in [-0.05, 0) is 44.2 Å². The molecule has 0 aromatic rings. The lowest BCUT2D eigenvalue weighted by molar-refractivity contribution is -0.139. The number of likely N-dealkylation sites (tertiary alicyclic amines) is 1. The van der Waals surface area contributed by atoms with Crippen LogP contribution in [0.5, 0.6) is 0 Å². The van der Waals surface area contributed by atoms with E-state index >= 15 is 0 Å². The normalized spacial score (nSPS) is 18.5. The molecule has 0 radical (unpaired) electrons. The number of hydrogen-bond acceptors (Lipinski definition) is 3. The van der Waals surface area contributed by atoms with Crippen LogP contribution in [0, 0.1) is 11.8 Å². The van der Waals surface area contributed by atoms with Crippen LogP contribution < -0.4 is 10.6 Å². The van der Waals surface area contributed by atoms with Crippen molar-refractivity contribution in [2.75, 3.05) is 26.2 Å². The molecule has 6 nitrogen and oxygen atoms in total. The molecule has 2 amide bonds. The summed E-state index contributed by atoms with van der Waals surface area (Å²) in [5, 5.41) is 14.4. The van der Waals surface area contributed by atoms with Crippen molar-refractivity contribution in [2.45, 2.75) is 46.1 Å². The van der Waals surface area contributed by atoms with Gasteiger partial charge in [-0.2, -0.15) is 0 Å². The number of rotatable bonds is 8. The molecule has 1 rings (SSSR count). The Morgan fingerprint density at radius 1 is 1.19 bits per heavy atom. The lowest BCUT2D eigenvalue weighted by Gasteiger charge is -2.21. The fraction of sp³-hybridized carbons (Fsp3) is 0.867. The number of hydrogen-bond donors (Lipinski definition) is 3. The van der Waals surface area contributed by atoms with Crippen LogP contribution >= 0.6 is 0 Å². The minimum absolute atomic E-state index is 0.223. The molecule has 3 N–H and O–H groups in total. The molecule has 0 aromatic heterocycles. The number of nitrogens with zero attached hydrogens (tertiary/aromatic N) is 1. The zero-order chi connectivity index (χ0) is 15.8. The number of nitrogens with one attached hydrogen (secondary N) is 2. The van der Waals surface area contributed by atoms with Crippen molar-refractivity contribution in [2.24, 2.45) is 11.8 Å². The van der Waals surface area contributed by atoms with Crippen LogP contribution in [0.15, 0.2) is 0 Å². The van der Waals surface area contributed by atoms with Gasteiger partial charge in [-0.15, -0.1) is 0 Å². The monoisotopic (exact) mass is 299 g/mol. The first-order valence-corrected chi connectivity index (χ1v) is 7.88. The number of carbonyl (C=O) groups is 2. The number of carbonyl (C=O) groups excluding carboxylic acids is 1. The van der Waals surface area contributed by atoms with Gasteiger partial charge in [0, 0.05) is 13.1 Å². The molecular formula is C15H29N3O3. The molecule has 1 aliphatic rings. The Hall–Kier alpha value is -1.30. The highest BCUT2D eigenvalue weighted by atomic mass is 16.4. The van der Waals surface area contributed by atoms with E-state index in [0.29, 0.717) is 18.9 Å². The summed E-state index contributed by atoms with van der Waals surface area (Å²) in [6, 6.07) is -1.21. The summed E-state index contributed by atoms with van der Waals surface area (Å²) in [6.07, 6.45) is 2.96. The molecule has 6 heteroatoms. The highest BCUT2D eigenvalue weighted by Crippen LogP contribution is 2.09. The summed E-state index contributed by atoms with van der Waals surface area (Å²) in [7, 11) is 0. The number of aliphatic carboxylic acids is 1. The molecule has 1 aliphatic heterocycles. The van der Waals surface area contributed by atoms with Gasteiger partial charge in [0.25, 0.3) is 0 Å². The predicted octanol–water partition coefficient (Wildman–Crippen LogP) is 1.52. The Morgan fingerprint density at radius 3 is 2.33 bits per heavy atom. The van der Waals surface area contributed by atoms with Crippen LogP contribution in [0.25, 0.3) is 0 Å². The second kappa shape index (κ2) is 8.87. The van der Waals surface area contributed by atoms with E-state index in [1.807, 2.05) is 13.8 Å². The van der Waals surface area contributed by atoms with Gasteiger partial charge in [0.15, 0.2) is 0 Å². The third-order valence-corrected chi connectivity index (χ3v) is 3.69. The van der Waals surface area contributed by atoms with Crippen LogP contribution in [0.1, 0.15) is 40.0 Å². The van der Waals surface area contributed by atoms with E-state index in [0.717, 1.165) is 19.6 Å². The molecule has 0 bridgehead atoms. The summed E-state index contributed by atoms with van der Waals surface area (Å²) in [5.74, 6) is -0.397. The molecule has 1 saturated heterocycles. The van der Waals surface area contributed by atoms with E-state index in [1.165, 1.54) is 12.8 Å². The van der Waals surface area contributed by atoms with Crippen molar-refractivity contribution < 1.29 is 14.7 Å². The second-order valence-electron chi connectivity index (χ2n) is 6.49. The quantitative estimate of drug-likeness (QED) is 0.634. The van der Waals surface area contributed by atoms with Gasteiger partial charge in [0.05, 0.1) is 0 Å². The number of carboxylic acids is 1. The molecule has 0 aromatic carbocycles. The third-order valence-electron chi connectivity index (χ3n) is 3.69. The fourth-order valence-corrected chi connectivity index (χ4v) is 2.64. The first kappa shape index (κ1) is 17.8. The van der Waals surface area contributed by atoms with E-state index < -0.39 is 18.0 Å².